The van der Waals surface area contributed by atoms with E-state index in [0.29, 0.717) is 57.4 Å². The molecule has 0 saturated carbocycles. The Morgan fingerprint density at radius 2 is 2.03 bits per heavy atom. The Balaban J connectivity index is 1.82. The molecule has 2 saturated heterocycles. The van der Waals surface area contributed by atoms with Gasteiger partial charge in [0.15, 0.2) is 9.84 Å². The van der Waals surface area contributed by atoms with E-state index in [4.69, 9.17) is 14.5 Å². The van der Waals surface area contributed by atoms with E-state index in [1.807, 2.05) is 12.1 Å². The highest BCUT2D eigenvalue weighted by Crippen LogP contribution is 2.42. The van der Waals surface area contributed by atoms with Gasteiger partial charge in [0.1, 0.15) is 22.2 Å². The molecule has 0 aromatic carbocycles. The lowest BCUT2D eigenvalue weighted by molar-refractivity contribution is 0.0742. The number of hydrogen-bond donors (Lipinski definition) is 2. The number of aromatic amines is 1. The molecule has 2 aromatic rings. The van der Waals surface area contributed by atoms with E-state index in [9.17, 15) is 8.42 Å². The first kappa shape index (κ1) is 20.1. The molecule has 158 valence electrons. The molecule has 1 atom stereocenters. The van der Waals surface area contributed by atoms with E-state index in [2.05, 4.69) is 27.3 Å². The Labute approximate surface area is 170 Å². The minimum Gasteiger partial charge on any atom is -0.381 e. The van der Waals surface area contributed by atoms with Gasteiger partial charge in [-0.3, -0.25) is 5.10 Å². The number of pyridine rings is 1. The number of aromatic nitrogens is 3. The number of nitrogens with one attached hydrogen (secondary N) is 2. The average Bonchev–Trinajstić information content (AvgIpc) is 3.21. The van der Waals surface area contributed by atoms with Gasteiger partial charge in [-0.05, 0) is 37.5 Å². The van der Waals surface area contributed by atoms with Crippen molar-refractivity contribution in [3.63, 3.8) is 0 Å². The van der Waals surface area contributed by atoms with Crippen molar-refractivity contribution in [2.24, 2.45) is 0 Å². The molecule has 9 nitrogen and oxygen atoms in total. The van der Waals surface area contributed by atoms with Gasteiger partial charge in [0.25, 0.3) is 0 Å². The fourth-order valence-corrected chi connectivity index (χ4v) is 5.55. The lowest BCUT2D eigenvalue weighted by atomic mass is 9.90. The van der Waals surface area contributed by atoms with Crippen molar-refractivity contribution in [2.45, 2.75) is 30.6 Å². The number of ether oxygens (including phenoxy) is 2. The molecular weight excluding hydrogens is 394 g/mol. The quantitative estimate of drug-likeness (QED) is 0.752. The van der Waals surface area contributed by atoms with Crippen LogP contribution in [-0.4, -0.2) is 68.9 Å². The van der Waals surface area contributed by atoms with Crippen LogP contribution in [0.15, 0.2) is 24.4 Å². The maximum absolute atomic E-state index is 12.9. The minimum atomic E-state index is -3.38. The Morgan fingerprint density at radius 1 is 1.24 bits per heavy atom. The zero-order valence-electron chi connectivity index (χ0n) is 16.7. The Kier molecular flexibility index (Phi) is 5.50. The summed E-state index contributed by atoms with van der Waals surface area (Å²) in [6.45, 7) is 4.85. The molecule has 10 heteroatoms. The lowest BCUT2D eigenvalue weighted by Crippen LogP contribution is -2.45. The second-order valence-electron chi connectivity index (χ2n) is 7.69. The fourth-order valence-electron chi connectivity index (χ4n) is 4.10. The largest absolute Gasteiger partial charge is 0.381 e. The molecule has 0 spiro atoms. The predicted octanol–water partition coefficient (Wildman–Crippen LogP) is 1.82. The third kappa shape index (κ3) is 3.96. The van der Waals surface area contributed by atoms with Gasteiger partial charge in [-0.2, -0.15) is 5.10 Å². The first-order valence-electron chi connectivity index (χ1n) is 9.80. The van der Waals surface area contributed by atoms with Crippen molar-refractivity contribution in [3.8, 4) is 0 Å². The number of anilines is 3. The summed E-state index contributed by atoms with van der Waals surface area (Å²) in [4.78, 5) is 6.94. The summed E-state index contributed by atoms with van der Waals surface area (Å²) in [5.41, 5.74) is 0.744. The number of morpholine rings is 1. The molecule has 4 heterocycles. The highest BCUT2D eigenvalue weighted by Gasteiger charge is 2.44. The van der Waals surface area contributed by atoms with Gasteiger partial charge in [0.05, 0.1) is 25.5 Å². The van der Waals surface area contributed by atoms with Crippen LogP contribution in [0.4, 0.5) is 17.5 Å². The van der Waals surface area contributed by atoms with Gasteiger partial charge >= 0.3 is 0 Å². The van der Waals surface area contributed by atoms with Gasteiger partial charge in [0, 0.05) is 32.1 Å². The summed E-state index contributed by atoms with van der Waals surface area (Å²) in [6.07, 6.45) is 3.82. The van der Waals surface area contributed by atoms with E-state index in [1.165, 1.54) is 6.26 Å². The second-order valence-corrected chi connectivity index (χ2v) is 10.0. The van der Waals surface area contributed by atoms with Crippen LogP contribution < -0.4 is 10.2 Å². The van der Waals surface area contributed by atoms with Gasteiger partial charge in [-0.15, -0.1) is 0 Å². The highest BCUT2D eigenvalue weighted by atomic mass is 32.2. The first-order chi connectivity index (χ1) is 13.9. The number of hydrogen-bond acceptors (Lipinski definition) is 8. The Morgan fingerprint density at radius 3 is 2.69 bits per heavy atom. The third-order valence-electron chi connectivity index (χ3n) is 5.77. The molecule has 4 rings (SSSR count). The van der Waals surface area contributed by atoms with E-state index in [-0.39, 0.29) is 6.04 Å². The van der Waals surface area contributed by atoms with Crippen molar-refractivity contribution in [3.05, 3.63) is 30.0 Å². The van der Waals surface area contributed by atoms with Crippen molar-refractivity contribution in [2.75, 3.05) is 49.4 Å². The van der Waals surface area contributed by atoms with E-state index in [1.54, 1.807) is 12.3 Å². The zero-order chi connectivity index (χ0) is 20.5. The molecule has 2 fully saturated rings. The predicted molar refractivity (Wildman–Crippen MR) is 110 cm³/mol. The van der Waals surface area contributed by atoms with Crippen LogP contribution in [0.5, 0.6) is 0 Å². The number of nitrogens with zero attached hydrogens (tertiary/aromatic N) is 3. The number of sulfone groups is 1. The smallest absolute Gasteiger partial charge is 0.157 e. The molecule has 2 aliphatic rings. The third-order valence-corrected chi connectivity index (χ3v) is 7.84. The van der Waals surface area contributed by atoms with Crippen LogP contribution in [-0.2, 0) is 24.1 Å². The topological polar surface area (TPSA) is 109 Å². The second kappa shape index (κ2) is 7.92. The maximum atomic E-state index is 12.9. The molecule has 0 aliphatic carbocycles. The standard InChI is InChI=1S/C19H27N5O4S/c1-14-13-28-10-7-24(14)18-12-15(11-17(22-18)21-16-3-6-20-23-16)19(29(2,25)26)4-8-27-9-5-19/h3,6,11-12,14H,4-5,7-10,13H2,1-2H3,(H2,20,21,22,23)/t14-/m1/s1. The first-order valence-corrected chi connectivity index (χ1v) is 11.7. The molecule has 0 radical (unpaired) electrons. The molecular formula is C19H27N5O4S. The summed E-state index contributed by atoms with van der Waals surface area (Å²) >= 11 is 0. The summed E-state index contributed by atoms with van der Waals surface area (Å²) in [7, 11) is -3.38. The highest BCUT2D eigenvalue weighted by molar-refractivity contribution is 7.91. The average molecular weight is 422 g/mol. The molecule has 2 N–H and O–H groups in total. The van der Waals surface area contributed by atoms with Crippen LogP contribution in [0.1, 0.15) is 25.3 Å². The molecule has 0 amide bonds. The summed E-state index contributed by atoms with van der Waals surface area (Å²) in [5.74, 6) is 2.01. The van der Waals surface area contributed by atoms with Crippen molar-refractivity contribution in [1.82, 2.24) is 15.2 Å². The summed E-state index contributed by atoms with van der Waals surface area (Å²) in [5, 5.41) is 10.0. The van der Waals surface area contributed by atoms with E-state index in [0.717, 1.165) is 11.4 Å². The molecule has 0 unspecified atom stereocenters. The van der Waals surface area contributed by atoms with Crippen LogP contribution in [0.3, 0.4) is 0 Å². The van der Waals surface area contributed by atoms with Crippen LogP contribution in [0, 0.1) is 0 Å². The zero-order valence-corrected chi connectivity index (χ0v) is 17.5. The van der Waals surface area contributed by atoms with Gasteiger partial charge < -0.3 is 19.7 Å². The molecule has 2 aliphatic heterocycles. The van der Waals surface area contributed by atoms with Crippen molar-refractivity contribution in [1.29, 1.82) is 0 Å². The Hall–Kier alpha value is -2.17. The van der Waals surface area contributed by atoms with Gasteiger partial charge in [-0.25, -0.2) is 13.4 Å². The summed E-state index contributed by atoms with van der Waals surface area (Å²) in [6, 6.07) is 5.70. The fraction of sp³-hybridized carbons (Fsp3) is 0.579. The SMILES string of the molecule is C[C@@H]1COCCN1c1cc(C2(S(C)(=O)=O)CCOCC2)cc(Nc2ccn[nH]2)n1. The van der Waals surface area contributed by atoms with Crippen LogP contribution in [0.25, 0.3) is 0 Å². The lowest BCUT2D eigenvalue weighted by Gasteiger charge is -2.38. The summed E-state index contributed by atoms with van der Waals surface area (Å²) < 4.78 is 35.9. The molecule has 29 heavy (non-hydrogen) atoms. The number of H-pyrrole nitrogens is 1. The van der Waals surface area contributed by atoms with E-state index < -0.39 is 14.6 Å². The normalized spacial score (nSPS) is 22.4. The van der Waals surface area contributed by atoms with Gasteiger partial charge in [-0.1, -0.05) is 0 Å². The van der Waals surface area contributed by atoms with Crippen LogP contribution in [0.2, 0.25) is 0 Å². The maximum Gasteiger partial charge on any atom is 0.157 e. The van der Waals surface area contributed by atoms with Gasteiger partial charge in [0.2, 0.25) is 0 Å². The molecule has 2 aromatic heterocycles. The van der Waals surface area contributed by atoms with Crippen molar-refractivity contribution >= 4 is 27.3 Å². The van der Waals surface area contributed by atoms with Crippen LogP contribution >= 0.6 is 0 Å². The number of rotatable bonds is 5. The Bertz CT molecular complexity index is 942. The molecule has 0 bridgehead atoms. The van der Waals surface area contributed by atoms with Crippen molar-refractivity contribution < 1.29 is 17.9 Å². The minimum absolute atomic E-state index is 0.148. The monoisotopic (exact) mass is 421 g/mol. The van der Waals surface area contributed by atoms with E-state index >= 15 is 0 Å².